The van der Waals surface area contributed by atoms with E-state index in [2.05, 4.69) is 22.0 Å². The summed E-state index contributed by atoms with van der Waals surface area (Å²) < 4.78 is 23.8. The van der Waals surface area contributed by atoms with Crippen molar-refractivity contribution in [1.29, 1.82) is 0 Å². The predicted octanol–water partition coefficient (Wildman–Crippen LogP) is 3.91. The fourth-order valence-corrected chi connectivity index (χ4v) is 8.90. The molecule has 4 aliphatic heterocycles. The van der Waals surface area contributed by atoms with E-state index in [4.69, 9.17) is 18.6 Å². The third-order valence-electron chi connectivity index (χ3n) is 10.4. The second-order valence-electron chi connectivity index (χ2n) is 11.7. The Morgan fingerprint density at radius 1 is 1.19 bits per heavy atom. The van der Waals surface area contributed by atoms with Gasteiger partial charge in [0, 0.05) is 35.5 Å². The van der Waals surface area contributed by atoms with Crippen molar-refractivity contribution in [3.63, 3.8) is 0 Å². The van der Waals surface area contributed by atoms with Gasteiger partial charge in [0.15, 0.2) is 18.1 Å². The lowest BCUT2D eigenvalue weighted by Crippen LogP contribution is -2.72. The minimum atomic E-state index is -0.290. The SMILES string of the molecule is COc1ccc2c3c1O[C@H]1[C@H]4CC[C@@]5(CCN4C(=O)OCc4ncco4)[C@@H](C2)N(CC2CC2)CC[C@]315. The summed E-state index contributed by atoms with van der Waals surface area (Å²) in [6.07, 6.45) is 10.7. The van der Waals surface area contributed by atoms with E-state index in [9.17, 15) is 4.79 Å². The number of fused-ring (bicyclic) bond motifs is 3. The Morgan fingerprint density at radius 3 is 2.92 bits per heavy atom. The first-order valence-corrected chi connectivity index (χ1v) is 13.6. The molecule has 8 nitrogen and oxygen atoms in total. The molecule has 3 saturated heterocycles. The van der Waals surface area contributed by atoms with E-state index in [-0.39, 0.29) is 35.7 Å². The van der Waals surface area contributed by atoms with E-state index >= 15 is 0 Å². The number of benzene rings is 1. The number of piperidine rings is 1. The summed E-state index contributed by atoms with van der Waals surface area (Å²) in [5.41, 5.74) is 2.85. The number of ether oxygens (including phenoxy) is 3. The van der Waals surface area contributed by atoms with E-state index in [1.165, 1.54) is 36.8 Å². The number of likely N-dealkylation sites (tertiary alicyclic amines) is 1. The Hall–Kier alpha value is -2.74. The zero-order valence-corrected chi connectivity index (χ0v) is 20.8. The van der Waals surface area contributed by atoms with Crippen LogP contribution in [0, 0.1) is 11.3 Å². The summed E-state index contributed by atoms with van der Waals surface area (Å²) in [7, 11) is 1.73. The molecular weight excluding hydrogens is 458 g/mol. The molecule has 3 aliphatic carbocycles. The number of amides is 1. The van der Waals surface area contributed by atoms with Crippen LogP contribution in [-0.2, 0) is 23.2 Å². The number of carbonyl (C=O) groups excluding carboxylic acids is 1. The lowest BCUT2D eigenvalue weighted by molar-refractivity contribution is -0.129. The first kappa shape index (κ1) is 21.4. The van der Waals surface area contributed by atoms with Crippen molar-refractivity contribution in [1.82, 2.24) is 14.8 Å². The second kappa shape index (κ2) is 7.40. The molecule has 1 amide bonds. The van der Waals surface area contributed by atoms with Crippen LogP contribution in [0.25, 0.3) is 0 Å². The van der Waals surface area contributed by atoms with Gasteiger partial charge in [-0.3, -0.25) is 4.90 Å². The lowest BCUT2D eigenvalue weighted by Gasteiger charge is -2.65. The van der Waals surface area contributed by atoms with Crippen molar-refractivity contribution < 1.29 is 23.4 Å². The van der Waals surface area contributed by atoms with Gasteiger partial charge in [-0.25, -0.2) is 9.78 Å². The molecule has 0 N–H and O–H groups in total. The molecule has 9 rings (SSSR count). The fourth-order valence-electron chi connectivity index (χ4n) is 8.90. The van der Waals surface area contributed by atoms with Gasteiger partial charge in [-0.2, -0.15) is 0 Å². The number of nitrogens with zero attached hydrogens (tertiary/aromatic N) is 3. The first-order valence-electron chi connectivity index (χ1n) is 13.6. The molecule has 2 aromatic rings. The molecule has 1 aromatic carbocycles. The largest absolute Gasteiger partial charge is 0.493 e. The van der Waals surface area contributed by atoms with Crippen LogP contribution in [0.2, 0.25) is 0 Å². The quantitative estimate of drug-likeness (QED) is 0.628. The van der Waals surface area contributed by atoms with Crippen molar-refractivity contribution in [2.75, 3.05) is 26.7 Å². The van der Waals surface area contributed by atoms with Crippen LogP contribution in [0.3, 0.4) is 0 Å². The number of methoxy groups -OCH3 is 1. The maximum absolute atomic E-state index is 13.5. The normalized spacial score (nSPS) is 35.7. The van der Waals surface area contributed by atoms with Crippen molar-refractivity contribution in [2.24, 2.45) is 11.3 Å². The first-order chi connectivity index (χ1) is 17.6. The molecule has 7 aliphatic rings. The Balaban J connectivity index is 1.22. The Morgan fingerprint density at radius 2 is 2.11 bits per heavy atom. The third kappa shape index (κ3) is 2.63. The van der Waals surface area contributed by atoms with Crippen molar-refractivity contribution in [2.45, 2.75) is 75.2 Å². The lowest BCUT2D eigenvalue weighted by atomic mass is 9.42. The molecule has 2 spiro atoms. The van der Waals surface area contributed by atoms with Crippen LogP contribution in [0.1, 0.15) is 55.5 Å². The fraction of sp³-hybridized carbons (Fsp3) is 0.643. The highest BCUT2D eigenvalue weighted by Crippen LogP contribution is 2.71. The van der Waals surface area contributed by atoms with Crippen LogP contribution in [0.15, 0.2) is 29.0 Å². The highest BCUT2D eigenvalue weighted by molar-refractivity contribution is 5.70. The van der Waals surface area contributed by atoms with E-state index < -0.39 is 0 Å². The minimum Gasteiger partial charge on any atom is -0.493 e. The van der Waals surface area contributed by atoms with E-state index in [0.29, 0.717) is 18.5 Å². The molecule has 5 fully saturated rings. The minimum absolute atomic E-state index is 0.0172. The molecule has 1 aromatic heterocycles. The van der Waals surface area contributed by atoms with E-state index in [1.807, 2.05) is 4.90 Å². The van der Waals surface area contributed by atoms with Gasteiger partial charge in [0.2, 0.25) is 5.89 Å². The standard InChI is InChI=1S/C28H33N3O5/c1-33-20-5-4-18-14-21-27-7-6-19(31(12-8-27)26(32)35-16-22-29-10-13-34-22)25-28(27,23(18)24(20)36-25)9-11-30(21)15-17-2-3-17/h4-5,10,13,17,19,21,25H,2-3,6-9,11-12,14-16H2,1H3/t19-,21-,25+,27-,28+/m1/s1. The van der Waals surface area contributed by atoms with Crippen LogP contribution in [0.5, 0.6) is 11.5 Å². The van der Waals surface area contributed by atoms with Gasteiger partial charge in [-0.15, -0.1) is 0 Å². The van der Waals surface area contributed by atoms with Gasteiger partial charge in [-0.05, 0) is 69.0 Å². The topological polar surface area (TPSA) is 77.3 Å². The molecule has 0 radical (unpaired) electrons. The average molecular weight is 492 g/mol. The summed E-state index contributed by atoms with van der Waals surface area (Å²) in [5.74, 6) is 3.03. The van der Waals surface area contributed by atoms with Crippen molar-refractivity contribution in [3.8, 4) is 11.5 Å². The molecule has 5 heterocycles. The van der Waals surface area contributed by atoms with Crippen molar-refractivity contribution >= 4 is 6.09 Å². The molecule has 5 atom stereocenters. The number of hydrogen-bond donors (Lipinski definition) is 0. The molecule has 190 valence electrons. The molecule has 4 bridgehead atoms. The average Bonchev–Trinajstić information content (AvgIpc) is 3.51. The number of rotatable bonds is 5. The van der Waals surface area contributed by atoms with Gasteiger partial charge >= 0.3 is 6.09 Å². The van der Waals surface area contributed by atoms with Gasteiger partial charge in [-0.1, -0.05) is 6.07 Å². The summed E-state index contributed by atoms with van der Waals surface area (Å²) >= 11 is 0. The van der Waals surface area contributed by atoms with Crippen molar-refractivity contribution in [3.05, 3.63) is 41.6 Å². The number of aromatic nitrogens is 1. The van der Waals surface area contributed by atoms with Crippen LogP contribution >= 0.6 is 0 Å². The molecule has 2 saturated carbocycles. The van der Waals surface area contributed by atoms with Gasteiger partial charge < -0.3 is 23.5 Å². The summed E-state index contributed by atoms with van der Waals surface area (Å²) in [6.45, 7) is 3.09. The van der Waals surface area contributed by atoms with Crippen LogP contribution in [-0.4, -0.2) is 65.8 Å². The highest BCUT2D eigenvalue weighted by Gasteiger charge is 2.74. The predicted molar refractivity (Wildman–Crippen MR) is 129 cm³/mol. The highest BCUT2D eigenvalue weighted by atomic mass is 16.6. The Bertz CT molecular complexity index is 1210. The maximum Gasteiger partial charge on any atom is 0.410 e. The Kier molecular flexibility index (Phi) is 4.39. The number of oxazole rings is 1. The summed E-state index contributed by atoms with van der Waals surface area (Å²) in [6, 6.07) is 4.84. The van der Waals surface area contributed by atoms with E-state index in [0.717, 1.165) is 56.1 Å². The smallest absolute Gasteiger partial charge is 0.410 e. The Labute approximate surface area is 210 Å². The molecule has 36 heavy (non-hydrogen) atoms. The number of hydrogen-bond acceptors (Lipinski definition) is 7. The van der Waals surface area contributed by atoms with Gasteiger partial charge in [0.25, 0.3) is 0 Å². The summed E-state index contributed by atoms with van der Waals surface area (Å²) in [5, 5.41) is 0. The summed E-state index contributed by atoms with van der Waals surface area (Å²) in [4.78, 5) is 22.4. The number of carbonyl (C=O) groups is 1. The zero-order valence-electron chi connectivity index (χ0n) is 20.8. The van der Waals surface area contributed by atoms with Crippen LogP contribution < -0.4 is 9.47 Å². The second-order valence-corrected chi connectivity index (χ2v) is 11.7. The molecule has 0 unspecified atom stereocenters. The van der Waals surface area contributed by atoms with Gasteiger partial charge in [0.1, 0.15) is 12.4 Å². The molecule has 8 heteroatoms. The third-order valence-corrected chi connectivity index (χ3v) is 10.4. The van der Waals surface area contributed by atoms with E-state index in [1.54, 1.807) is 13.3 Å². The van der Waals surface area contributed by atoms with Gasteiger partial charge in [0.05, 0.1) is 19.3 Å². The van der Waals surface area contributed by atoms with Crippen LogP contribution in [0.4, 0.5) is 4.79 Å². The monoisotopic (exact) mass is 491 g/mol. The maximum atomic E-state index is 13.5. The zero-order chi connectivity index (χ0) is 24.1. The molecular formula is C28H33N3O5.